The van der Waals surface area contributed by atoms with Gasteiger partial charge in [0.1, 0.15) is 17.5 Å². The van der Waals surface area contributed by atoms with Crippen LogP contribution in [0.1, 0.15) is 75.9 Å². The minimum absolute atomic E-state index is 0.0967. The molecule has 298 valence electrons. The summed E-state index contributed by atoms with van der Waals surface area (Å²) in [5, 5.41) is 22.3. The highest BCUT2D eigenvalue weighted by atomic mass is 35.5. The SMILES string of the molecule is O=C1CCC(N2C(=O)c3ccc(N4C5CC4CN(CC4CCN(c6ccc(C(=C(CCCl)c7ccc(O)cc7)c7ccc(O)cc7)cc6)CC4)C5)cc3C2=O)C(=O)N1. The van der Waals surface area contributed by atoms with Crippen LogP contribution < -0.4 is 15.1 Å². The molecule has 0 radical (unpaired) electrons. The topological polar surface area (TPSA) is 134 Å². The van der Waals surface area contributed by atoms with Gasteiger partial charge in [0.25, 0.3) is 11.8 Å². The van der Waals surface area contributed by atoms with Gasteiger partial charge in [0.2, 0.25) is 11.8 Å². The van der Waals surface area contributed by atoms with Gasteiger partial charge in [0.15, 0.2) is 0 Å². The number of carbonyl (C=O) groups excluding carboxylic acids is 4. The van der Waals surface area contributed by atoms with E-state index in [1.165, 1.54) is 5.69 Å². The highest BCUT2D eigenvalue weighted by molar-refractivity contribution is 6.24. The van der Waals surface area contributed by atoms with Crippen LogP contribution in [0.2, 0.25) is 0 Å². The van der Waals surface area contributed by atoms with Crippen molar-refractivity contribution in [2.45, 2.75) is 56.7 Å². The highest BCUT2D eigenvalue weighted by Gasteiger charge is 2.48. The fourth-order valence-electron chi connectivity index (χ4n) is 9.78. The molecule has 3 unspecified atom stereocenters. The van der Waals surface area contributed by atoms with E-state index >= 15 is 0 Å². The van der Waals surface area contributed by atoms with Gasteiger partial charge in [-0.1, -0.05) is 36.4 Å². The summed E-state index contributed by atoms with van der Waals surface area (Å²) < 4.78 is 0. The van der Waals surface area contributed by atoms with Gasteiger partial charge in [-0.2, -0.15) is 0 Å². The maximum atomic E-state index is 13.4. The van der Waals surface area contributed by atoms with Gasteiger partial charge in [0.05, 0.1) is 11.1 Å². The molecule has 0 spiro atoms. The molecule has 4 aromatic rings. The monoisotopic (exact) mass is 799 g/mol. The second-order valence-corrected chi connectivity index (χ2v) is 16.6. The van der Waals surface area contributed by atoms with E-state index in [0.717, 1.165) is 90.4 Å². The molecule has 5 saturated heterocycles. The number of nitrogens with one attached hydrogen (secondary N) is 1. The second-order valence-electron chi connectivity index (χ2n) is 16.2. The number of alkyl halides is 1. The number of halogens is 1. The van der Waals surface area contributed by atoms with Gasteiger partial charge in [-0.25, -0.2) is 0 Å². The number of amides is 4. The maximum absolute atomic E-state index is 13.4. The number of fused-ring (bicyclic) bond motifs is 3. The molecule has 6 heterocycles. The van der Waals surface area contributed by atoms with Crippen LogP contribution in [0.3, 0.4) is 0 Å². The number of carbonyl (C=O) groups is 4. The Morgan fingerprint density at radius 2 is 1.29 bits per heavy atom. The average Bonchev–Trinajstić information content (AvgIpc) is 3.47. The predicted molar refractivity (Wildman–Crippen MR) is 223 cm³/mol. The zero-order valence-electron chi connectivity index (χ0n) is 32.1. The summed E-state index contributed by atoms with van der Waals surface area (Å²) in [6.45, 7) is 4.95. The Kier molecular flexibility index (Phi) is 10.2. The third-order valence-corrected chi connectivity index (χ3v) is 12.8. The predicted octanol–water partition coefficient (Wildman–Crippen LogP) is 6.27. The first-order valence-electron chi connectivity index (χ1n) is 20.2. The number of aromatic hydroxyl groups is 2. The van der Waals surface area contributed by atoms with E-state index in [1.54, 1.807) is 30.3 Å². The fraction of sp³-hybridized carbons (Fsp3) is 0.348. The normalized spacial score (nSPS) is 22.8. The average molecular weight is 800 g/mol. The van der Waals surface area contributed by atoms with Crippen molar-refractivity contribution in [1.82, 2.24) is 15.1 Å². The second kappa shape index (κ2) is 15.6. The first-order valence-corrected chi connectivity index (χ1v) is 20.8. The van der Waals surface area contributed by atoms with Crippen molar-refractivity contribution < 1.29 is 29.4 Å². The Labute approximate surface area is 342 Å². The lowest BCUT2D eigenvalue weighted by Crippen LogP contribution is -2.69. The van der Waals surface area contributed by atoms with E-state index in [-0.39, 0.29) is 30.2 Å². The molecule has 10 rings (SSSR count). The van der Waals surface area contributed by atoms with Crippen molar-refractivity contribution in [3.8, 4) is 11.5 Å². The Morgan fingerprint density at radius 1 is 0.707 bits per heavy atom. The molecule has 6 aliphatic rings. The lowest BCUT2D eigenvalue weighted by Gasteiger charge is -2.58. The Morgan fingerprint density at radius 3 is 1.91 bits per heavy atom. The van der Waals surface area contributed by atoms with E-state index in [1.807, 2.05) is 36.4 Å². The quantitative estimate of drug-likeness (QED) is 0.0966. The van der Waals surface area contributed by atoms with Crippen LogP contribution >= 0.6 is 11.6 Å². The summed E-state index contributed by atoms with van der Waals surface area (Å²) in [6, 6.07) is 28.4. The maximum Gasteiger partial charge on any atom is 0.262 e. The first-order chi connectivity index (χ1) is 28.1. The van der Waals surface area contributed by atoms with E-state index < -0.39 is 23.8 Å². The van der Waals surface area contributed by atoms with Crippen LogP contribution in [0.15, 0.2) is 91.0 Å². The Balaban J connectivity index is 0.822. The number of piperidine rings is 3. The van der Waals surface area contributed by atoms with Crippen LogP contribution in [0, 0.1) is 5.92 Å². The van der Waals surface area contributed by atoms with E-state index in [9.17, 15) is 29.4 Å². The number of hydrogen-bond donors (Lipinski definition) is 3. The summed E-state index contributed by atoms with van der Waals surface area (Å²) in [7, 11) is 0. The fourth-order valence-corrected chi connectivity index (χ4v) is 9.97. The van der Waals surface area contributed by atoms with Crippen molar-refractivity contribution >= 4 is 57.8 Å². The van der Waals surface area contributed by atoms with Crippen molar-refractivity contribution in [2.75, 3.05) is 48.4 Å². The number of phenolic OH excluding ortho intramolecular Hbond substituents is 2. The van der Waals surface area contributed by atoms with E-state index in [4.69, 9.17) is 11.6 Å². The summed E-state index contributed by atoms with van der Waals surface area (Å²) in [5.41, 5.74) is 7.92. The van der Waals surface area contributed by atoms with Gasteiger partial charge < -0.3 is 20.0 Å². The van der Waals surface area contributed by atoms with Crippen LogP contribution in [0.4, 0.5) is 11.4 Å². The molecule has 11 nitrogen and oxygen atoms in total. The van der Waals surface area contributed by atoms with Crippen molar-refractivity contribution in [2.24, 2.45) is 5.92 Å². The first kappa shape index (κ1) is 37.9. The smallest absolute Gasteiger partial charge is 0.262 e. The summed E-state index contributed by atoms with van der Waals surface area (Å²) in [6.07, 6.45) is 4.20. The molecule has 4 amide bonds. The van der Waals surface area contributed by atoms with Gasteiger partial charge in [0, 0.05) is 68.5 Å². The zero-order chi connectivity index (χ0) is 40.1. The largest absolute Gasteiger partial charge is 0.508 e. The van der Waals surface area contributed by atoms with Gasteiger partial charge in [-0.15, -0.1) is 11.6 Å². The Bertz CT molecular complexity index is 2270. The number of piperazine rings is 1. The molecule has 3 atom stereocenters. The number of rotatable bonds is 10. The molecule has 3 N–H and O–H groups in total. The van der Waals surface area contributed by atoms with Crippen molar-refractivity contribution in [1.29, 1.82) is 0 Å². The van der Waals surface area contributed by atoms with Crippen LogP contribution in [-0.4, -0.2) is 100 Å². The van der Waals surface area contributed by atoms with E-state index in [2.05, 4.69) is 44.3 Å². The summed E-state index contributed by atoms with van der Waals surface area (Å²) in [5.74, 6) is -0.464. The van der Waals surface area contributed by atoms with E-state index in [0.29, 0.717) is 41.4 Å². The number of hydrogen-bond acceptors (Lipinski definition) is 9. The minimum atomic E-state index is -0.968. The number of allylic oxidation sites excluding steroid dienone is 1. The molecular formula is C46H46ClN5O6. The van der Waals surface area contributed by atoms with Gasteiger partial charge in [-0.3, -0.25) is 34.3 Å². The summed E-state index contributed by atoms with van der Waals surface area (Å²) >= 11 is 6.35. The molecule has 0 aromatic heterocycles. The lowest BCUT2D eigenvalue weighted by molar-refractivity contribution is -0.136. The lowest BCUT2D eigenvalue weighted by atomic mass is 9.85. The molecule has 0 aliphatic carbocycles. The van der Waals surface area contributed by atoms with Crippen LogP contribution in [0.25, 0.3) is 11.1 Å². The molecule has 58 heavy (non-hydrogen) atoms. The number of imide groups is 2. The molecule has 0 saturated carbocycles. The molecule has 6 aliphatic heterocycles. The zero-order valence-corrected chi connectivity index (χ0v) is 32.9. The minimum Gasteiger partial charge on any atom is -0.508 e. The van der Waals surface area contributed by atoms with Crippen molar-refractivity contribution in [3.05, 3.63) is 119 Å². The number of benzene rings is 4. The summed E-state index contributed by atoms with van der Waals surface area (Å²) in [4.78, 5) is 59.3. The molecule has 12 heteroatoms. The number of nitrogens with zero attached hydrogens (tertiary/aromatic N) is 4. The van der Waals surface area contributed by atoms with Gasteiger partial charge >= 0.3 is 0 Å². The molecule has 5 fully saturated rings. The number of anilines is 2. The Hall–Kier alpha value is -5.65. The standard InChI is InChI=1S/C46H46ClN5O6/c47-20-17-38(29-3-10-36(53)11-4-29)43(31-5-12-37(54)13-6-31)30-1-7-32(8-2-30)50-21-18-28(19-22-50)25-49-26-34-23-35(27-49)51(34)33-9-14-39-40(24-33)46(58)52(45(39)57)41-15-16-42(55)48-44(41)56/h1-14,24,28,34-35,41,53-54H,15-23,25-27H2,(H,48,55,56). The molecular weight excluding hydrogens is 754 g/mol. The third-order valence-electron chi connectivity index (χ3n) is 12.7. The van der Waals surface area contributed by atoms with Crippen LogP contribution in [-0.2, 0) is 9.59 Å². The van der Waals surface area contributed by atoms with Crippen LogP contribution in [0.5, 0.6) is 11.5 Å². The third kappa shape index (κ3) is 7.11. The van der Waals surface area contributed by atoms with Crippen molar-refractivity contribution in [3.63, 3.8) is 0 Å². The molecule has 2 bridgehead atoms. The number of phenols is 2. The highest BCUT2D eigenvalue weighted by Crippen LogP contribution is 2.41. The molecule has 4 aromatic carbocycles. The van der Waals surface area contributed by atoms with Gasteiger partial charge in [-0.05, 0) is 120 Å².